The number of rotatable bonds is 4. The summed E-state index contributed by atoms with van der Waals surface area (Å²) in [4.78, 5) is 16.7. The van der Waals surface area contributed by atoms with Gasteiger partial charge >= 0.3 is 0 Å². The van der Waals surface area contributed by atoms with Crippen LogP contribution in [0, 0.1) is 12.7 Å². The highest BCUT2D eigenvalue weighted by atomic mass is 19.1. The van der Waals surface area contributed by atoms with Crippen molar-refractivity contribution < 1.29 is 18.7 Å². The summed E-state index contributed by atoms with van der Waals surface area (Å²) in [5, 5.41) is 2.83. The first-order valence-electron chi connectivity index (χ1n) is 8.35. The van der Waals surface area contributed by atoms with Crippen LogP contribution in [0.5, 0.6) is 5.75 Å². The molecule has 0 saturated heterocycles. The molecule has 7 heteroatoms. The fourth-order valence-corrected chi connectivity index (χ4v) is 3.04. The third-order valence-electron chi connectivity index (χ3n) is 4.28. The van der Waals surface area contributed by atoms with Crippen molar-refractivity contribution in [3.63, 3.8) is 0 Å². The molecule has 0 spiro atoms. The molecule has 1 amide bonds. The van der Waals surface area contributed by atoms with E-state index in [-0.39, 0.29) is 18.5 Å². The Labute approximate surface area is 149 Å². The van der Waals surface area contributed by atoms with Crippen LogP contribution in [0.25, 0.3) is 5.65 Å². The van der Waals surface area contributed by atoms with Crippen LogP contribution in [-0.2, 0) is 17.8 Å². The molecule has 0 saturated carbocycles. The number of hydrogen-bond acceptors (Lipinski definition) is 4. The van der Waals surface area contributed by atoms with E-state index in [4.69, 9.17) is 9.47 Å². The second-order valence-corrected chi connectivity index (χ2v) is 6.27. The molecular weight excluding hydrogens is 337 g/mol. The molecule has 26 heavy (non-hydrogen) atoms. The maximum atomic E-state index is 13.7. The number of amides is 1. The number of carbonyl (C=O) groups is 1. The molecule has 0 fully saturated rings. The number of ether oxygens (including phenoxy) is 2. The Kier molecular flexibility index (Phi) is 4.30. The summed E-state index contributed by atoms with van der Waals surface area (Å²) in [6.07, 6.45) is 4.01. The number of hydrogen-bond donors (Lipinski definition) is 1. The van der Waals surface area contributed by atoms with Crippen LogP contribution in [0.1, 0.15) is 27.2 Å². The van der Waals surface area contributed by atoms with Gasteiger partial charge in [-0.3, -0.25) is 4.79 Å². The maximum Gasteiger partial charge on any atom is 0.271 e. The smallest absolute Gasteiger partial charge is 0.271 e. The van der Waals surface area contributed by atoms with E-state index < -0.39 is 0 Å². The van der Waals surface area contributed by atoms with Crippen LogP contribution in [0.4, 0.5) is 4.39 Å². The molecule has 0 bridgehead atoms. The van der Waals surface area contributed by atoms with Gasteiger partial charge in [0.25, 0.3) is 5.91 Å². The summed E-state index contributed by atoms with van der Waals surface area (Å²) in [6, 6.07) is 6.71. The third-order valence-corrected chi connectivity index (χ3v) is 4.28. The van der Waals surface area contributed by atoms with Crippen molar-refractivity contribution in [1.82, 2.24) is 14.7 Å². The number of nitrogens with zero attached hydrogens (tertiary/aromatic N) is 2. The lowest BCUT2D eigenvalue weighted by Crippen LogP contribution is -2.26. The average Bonchev–Trinajstić information content (AvgIpc) is 3.04. The Morgan fingerprint density at radius 3 is 3.15 bits per heavy atom. The minimum absolute atomic E-state index is 0.151. The quantitative estimate of drug-likeness (QED) is 0.781. The Bertz CT molecular complexity index is 984. The molecule has 6 nitrogen and oxygen atoms in total. The SMILES string of the molecule is Cc1ccn2cc(C(=O)NCCc3cc(F)cc4c3OCOC4)nc2c1. The Morgan fingerprint density at radius 2 is 2.27 bits per heavy atom. The summed E-state index contributed by atoms with van der Waals surface area (Å²) in [7, 11) is 0. The number of pyridine rings is 1. The zero-order chi connectivity index (χ0) is 18.1. The molecule has 1 N–H and O–H groups in total. The monoisotopic (exact) mass is 355 g/mol. The van der Waals surface area contributed by atoms with Gasteiger partial charge in [-0.2, -0.15) is 0 Å². The van der Waals surface area contributed by atoms with Crippen molar-refractivity contribution in [3.05, 3.63) is 64.9 Å². The first kappa shape index (κ1) is 16.5. The van der Waals surface area contributed by atoms with Gasteiger partial charge in [-0.15, -0.1) is 0 Å². The number of fused-ring (bicyclic) bond motifs is 2. The lowest BCUT2D eigenvalue weighted by atomic mass is 10.1. The fourth-order valence-electron chi connectivity index (χ4n) is 3.04. The van der Waals surface area contributed by atoms with Gasteiger partial charge in [0.05, 0.1) is 6.61 Å². The van der Waals surface area contributed by atoms with E-state index in [2.05, 4.69) is 10.3 Å². The number of nitrogens with one attached hydrogen (secondary N) is 1. The Hall–Kier alpha value is -2.93. The molecule has 0 radical (unpaired) electrons. The lowest BCUT2D eigenvalue weighted by Gasteiger charge is -2.20. The van der Waals surface area contributed by atoms with Crippen LogP contribution in [0.3, 0.4) is 0 Å². The minimum atomic E-state index is -0.338. The van der Waals surface area contributed by atoms with Crippen molar-refractivity contribution in [2.75, 3.05) is 13.3 Å². The van der Waals surface area contributed by atoms with Gasteiger partial charge in [0.1, 0.15) is 22.9 Å². The van der Waals surface area contributed by atoms with Gasteiger partial charge in [0, 0.05) is 24.5 Å². The van der Waals surface area contributed by atoms with E-state index in [1.54, 1.807) is 10.6 Å². The van der Waals surface area contributed by atoms with Gasteiger partial charge in [-0.1, -0.05) is 0 Å². The maximum absolute atomic E-state index is 13.7. The van der Waals surface area contributed by atoms with E-state index in [0.29, 0.717) is 42.1 Å². The van der Waals surface area contributed by atoms with Gasteiger partial charge < -0.3 is 19.2 Å². The molecule has 3 heterocycles. The lowest BCUT2D eigenvalue weighted by molar-refractivity contribution is -0.0172. The molecule has 2 aromatic heterocycles. The molecule has 1 aliphatic heterocycles. The normalized spacial score (nSPS) is 13.3. The topological polar surface area (TPSA) is 64.9 Å². The van der Waals surface area contributed by atoms with Crippen LogP contribution in [0.15, 0.2) is 36.7 Å². The molecule has 134 valence electrons. The van der Waals surface area contributed by atoms with Crippen molar-refractivity contribution in [2.24, 2.45) is 0 Å². The summed E-state index contributed by atoms with van der Waals surface area (Å²) in [5.74, 6) is 0.0471. The average molecular weight is 355 g/mol. The second-order valence-electron chi connectivity index (χ2n) is 6.27. The van der Waals surface area contributed by atoms with E-state index in [1.165, 1.54) is 12.1 Å². The second kappa shape index (κ2) is 6.76. The van der Waals surface area contributed by atoms with E-state index in [1.807, 2.05) is 25.3 Å². The van der Waals surface area contributed by atoms with Crippen molar-refractivity contribution >= 4 is 11.6 Å². The highest BCUT2D eigenvalue weighted by molar-refractivity contribution is 5.92. The number of carbonyl (C=O) groups excluding carboxylic acids is 1. The van der Waals surface area contributed by atoms with Gasteiger partial charge in [0.15, 0.2) is 6.79 Å². The molecule has 1 aromatic carbocycles. The molecule has 3 aromatic rings. The third kappa shape index (κ3) is 3.25. The van der Waals surface area contributed by atoms with Crippen molar-refractivity contribution in [3.8, 4) is 5.75 Å². The van der Waals surface area contributed by atoms with Gasteiger partial charge in [-0.05, 0) is 48.7 Å². The summed E-state index contributed by atoms with van der Waals surface area (Å²) < 4.78 is 26.2. The van der Waals surface area contributed by atoms with Gasteiger partial charge in [-0.25, -0.2) is 9.37 Å². The van der Waals surface area contributed by atoms with E-state index in [9.17, 15) is 9.18 Å². The van der Waals surface area contributed by atoms with Crippen LogP contribution >= 0.6 is 0 Å². The number of aryl methyl sites for hydroxylation is 1. The molecule has 0 unspecified atom stereocenters. The number of imidazole rings is 1. The number of benzene rings is 1. The molecule has 0 atom stereocenters. The standard InChI is InChI=1S/C19H18FN3O3/c1-12-3-5-23-9-16(22-17(23)6-12)19(24)21-4-2-13-7-15(20)8-14-10-25-11-26-18(13)14/h3,5-9H,2,4,10-11H2,1H3,(H,21,24). The highest BCUT2D eigenvalue weighted by Gasteiger charge is 2.17. The predicted octanol–water partition coefficient (Wildman–Crippen LogP) is 2.62. The first-order valence-corrected chi connectivity index (χ1v) is 8.35. The molecule has 4 rings (SSSR count). The first-order chi connectivity index (χ1) is 12.6. The predicted molar refractivity (Wildman–Crippen MR) is 92.7 cm³/mol. The highest BCUT2D eigenvalue weighted by Crippen LogP contribution is 2.29. The Morgan fingerprint density at radius 1 is 1.38 bits per heavy atom. The zero-order valence-electron chi connectivity index (χ0n) is 14.3. The number of halogens is 1. The van der Waals surface area contributed by atoms with Crippen molar-refractivity contribution in [2.45, 2.75) is 20.0 Å². The van der Waals surface area contributed by atoms with E-state index >= 15 is 0 Å². The summed E-state index contributed by atoms with van der Waals surface area (Å²) >= 11 is 0. The van der Waals surface area contributed by atoms with Crippen LogP contribution in [0.2, 0.25) is 0 Å². The van der Waals surface area contributed by atoms with Crippen molar-refractivity contribution in [1.29, 1.82) is 0 Å². The zero-order valence-corrected chi connectivity index (χ0v) is 14.3. The largest absolute Gasteiger partial charge is 0.467 e. The molecule has 1 aliphatic rings. The summed E-state index contributed by atoms with van der Waals surface area (Å²) in [5.41, 5.74) is 3.56. The molecular formula is C19H18FN3O3. The number of aromatic nitrogens is 2. The van der Waals surface area contributed by atoms with Gasteiger partial charge in [0.2, 0.25) is 0 Å². The van der Waals surface area contributed by atoms with E-state index in [0.717, 1.165) is 11.2 Å². The minimum Gasteiger partial charge on any atom is -0.467 e. The summed E-state index contributed by atoms with van der Waals surface area (Å²) in [6.45, 7) is 2.80. The van der Waals surface area contributed by atoms with Crippen LogP contribution < -0.4 is 10.1 Å². The fraction of sp³-hybridized carbons (Fsp3) is 0.263. The van der Waals surface area contributed by atoms with Crippen LogP contribution in [-0.4, -0.2) is 28.6 Å². The molecule has 0 aliphatic carbocycles. The Balaban J connectivity index is 1.44.